The molecular weight excluding hydrogens is 991 g/mol. The molecule has 0 amide bonds. The fourth-order valence-electron chi connectivity index (χ4n) is 8.30. The molecular formula is C55H47F8N7O5. The number of pyridine rings is 2. The Morgan fingerprint density at radius 2 is 1.09 bits per heavy atom. The molecule has 0 atom stereocenters. The fourth-order valence-corrected chi connectivity index (χ4v) is 8.30. The molecule has 0 bridgehead atoms. The third-order valence-corrected chi connectivity index (χ3v) is 12.5. The number of nitrogens with one attached hydrogen (secondary N) is 2. The molecule has 20 heteroatoms. The summed E-state index contributed by atoms with van der Waals surface area (Å²) in [6.07, 6.45) is -2.75. The number of carbonyl (C=O) groups is 2. The van der Waals surface area contributed by atoms with Gasteiger partial charge in [0.1, 0.15) is 34.6 Å². The first kappa shape index (κ1) is 52.8. The number of carbonyl (C=O) groups excluding carboxylic acids is 1. The van der Waals surface area contributed by atoms with Crippen molar-refractivity contribution in [3.05, 3.63) is 155 Å². The van der Waals surface area contributed by atoms with Crippen LogP contribution in [0.4, 0.5) is 46.5 Å². The molecule has 0 saturated heterocycles. The second-order valence-electron chi connectivity index (χ2n) is 18.3. The number of ether oxygens (including phenoxy) is 2. The van der Waals surface area contributed by atoms with E-state index >= 15 is 0 Å². The highest BCUT2D eigenvalue weighted by Gasteiger charge is 2.45. The van der Waals surface area contributed by atoms with Gasteiger partial charge in [-0.15, -0.1) is 0 Å². The number of fused-ring (bicyclic) bond motifs is 2. The van der Waals surface area contributed by atoms with Crippen LogP contribution in [0.1, 0.15) is 75.1 Å². The van der Waals surface area contributed by atoms with Gasteiger partial charge in [-0.3, -0.25) is 13.6 Å². The molecule has 4 heterocycles. The predicted molar refractivity (Wildman–Crippen MR) is 265 cm³/mol. The summed E-state index contributed by atoms with van der Waals surface area (Å²) >= 11 is 0. The van der Waals surface area contributed by atoms with Crippen LogP contribution in [0.3, 0.4) is 0 Å². The Balaban J connectivity index is 0.000000201. The van der Waals surface area contributed by atoms with Crippen molar-refractivity contribution in [2.24, 2.45) is 5.41 Å². The number of Topliss-reactive ketones (excluding diaryl/α,β-unsaturated/α-hetero) is 1. The maximum absolute atomic E-state index is 13.9. The van der Waals surface area contributed by atoms with Gasteiger partial charge in [0.2, 0.25) is 0 Å². The number of hydrogen-bond donors (Lipinski definition) is 3. The highest BCUT2D eigenvalue weighted by Crippen LogP contribution is 2.49. The number of imidazole rings is 2. The quantitative estimate of drug-likeness (QED) is 0.0629. The third kappa shape index (κ3) is 12.7. The number of halogens is 8. The second-order valence-corrected chi connectivity index (χ2v) is 18.3. The number of carboxylic acid groups (broad SMARTS) is 1. The molecule has 0 spiro atoms. The van der Waals surface area contributed by atoms with Crippen LogP contribution in [-0.4, -0.2) is 61.1 Å². The number of carboxylic acids is 1. The lowest BCUT2D eigenvalue weighted by atomic mass is 9.93. The summed E-state index contributed by atoms with van der Waals surface area (Å²) in [5.41, 5.74) is 6.68. The van der Waals surface area contributed by atoms with Crippen LogP contribution < -0.4 is 20.1 Å². The van der Waals surface area contributed by atoms with Crippen LogP contribution in [0.15, 0.2) is 110 Å². The van der Waals surface area contributed by atoms with Crippen molar-refractivity contribution in [3.63, 3.8) is 0 Å². The smallest absolute Gasteiger partial charge is 0.390 e. The number of ketones is 1. The van der Waals surface area contributed by atoms with Crippen LogP contribution in [0.2, 0.25) is 0 Å². The summed E-state index contributed by atoms with van der Waals surface area (Å²) in [6.45, 7) is 6.23. The summed E-state index contributed by atoms with van der Waals surface area (Å²) in [5, 5.41) is 24.2. The Morgan fingerprint density at radius 3 is 1.48 bits per heavy atom. The molecule has 0 radical (unpaired) electrons. The maximum Gasteiger partial charge on any atom is 0.390 e. The molecule has 75 heavy (non-hydrogen) atoms. The minimum Gasteiger partial charge on any atom is -0.478 e. The largest absolute Gasteiger partial charge is 0.478 e. The van der Waals surface area contributed by atoms with Crippen molar-refractivity contribution in [1.29, 1.82) is 5.26 Å². The van der Waals surface area contributed by atoms with E-state index in [1.807, 2.05) is 13.0 Å². The number of aryl methyl sites for hydroxylation is 4. The SMILES string of the molecule is Cc1ccc(F)cc1Oc1cc(NCCC(F)(F)F)c2ncc(-c3ccc(C(=O)CC4(C#N)CC4)c(C)c3)n2c1.Cc1ccc(F)cc1Oc1cc(NCCC(F)(F)F)c2ncc(-c3ccc(C(=O)O)c(C)c3)n2c1. The molecule has 1 aliphatic rings. The zero-order valence-corrected chi connectivity index (χ0v) is 40.7. The Labute approximate surface area is 424 Å². The predicted octanol–water partition coefficient (Wildman–Crippen LogP) is 14.4. The van der Waals surface area contributed by atoms with E-state index in [9.17, 15) is 55.1 Å². The van der Waals surface area contributed by atoms with Gasteiger partial charge in [0.25, 0.3) is 0 Å². The summed E-state index contributed by atoms with van der Waals surface area (Å²) < 4.78 is 119. The molecule has 0 unspecified atom stereocenters. The summed E-state index contributed by atoms with van der Waals surface area (Å²) in [7, 11) is 0. The molecule has 0 aliphatic heterocycles. The number of nitrogens with zero attached hydrogens (tertiary/aromatic N) is 5. The van der Waals surface area contributed by atoms with E-state index in [0.29, 0.717) is 61.9 Å². The Hall–Kier alpha value is -8.47. The number of aromatic carboxylic acids is 1. The first-order valence-corrected chi connectivity index (χ1v) is 23.4. The van der Waals surface area contributed by atoms with E-state index in [0.717, 1.165) is 24.0 Å². The first-order valence-electron chi connectivity index (χ1n) is 23.4. The Bertz CT molecular complexity index is 3520. The molecule has 8 aromatic rings. The molecule has 9 rings (SSSR count). The number of anilines is 2. The molecule has 4 aromatic heterocycles. The molecule has 388 valence electrons. The number of benzene rings is 4. The fraction of sp³-hybridized carbons (Fsp3) is 0.255. The molecule has 1 fully saturated rings. The molecule has 4 aromatic carbocycles. The number of rotatable bonds is 16. The van der Waals surface area contributed by atoms with Crippen LogP contribution >= 0.6 is 0 Å². The standard InChI is InChI=1S/C30H26F4N4O2.C25H21F4N3O3/c1-18-3-5-21(31)12-27(18)40-22-13-24(36-10-9-30(32,33)34)28-37-15-25(38(28)16-22)20-4-6-23(19(2)11-20)26(39)14-29(17-35)7-8-29;1-14-3-5-17(26)10-22(14)35-18-11-20(30-8-7-25(27,28)29)23-31-12-21(32(23)13-18)16-4-6-19(24(33)34)15(2)9-16/h3-6,11-13,15-16,36H,7-10,14H2,1-2H3;3-6,9-13,30H,7-8H2,1-2H3,(H,33,34). The van der Waals surface area contributed by atoms with Gasteiger partial charge >= 0.3 is 18.3 Å². The topological polar surface area (TPSA) is 155 Å². The summed E-state index contributed by atoms with van der Waals surface area (Å²) in [4.78, 5) is 33.1. The minimum atomic E-state index is -4.33. The Morgan fingerprint density at radius 1 is 0.653 bits per heavy atom. The van der Waals surface area contributed by atoms with Crippen molar-refractivity contribution in [3.8, 4) is 51.6 Å². The number of aromatic nitrogens is 4. The zero-order chi connectivity index (χ0) is 54.0. The first-order chi connectivity index (χ1) is 35.5. The average molecular weight is 1040 g/mol. The summed E-state index contributed by atoms with van der Waals surface area (Å²) in [5.74, 6) is -1.07. The maximum atomic E-state index is 13.9. The van der Waals surface area contributed by atoms with Gasteiger partial charge in [-0.05, 0) is 93.1 Å². The lowest BCUT2D eigenvalue weighted by molar-refractivity contribution is -0.132. The van der Waals surface area contributed by atoms with Crippen molar-refractivity contribution in [2.45, 2.75) is 72.2 Å². The highest BCUT2D eigenvalue weighted by atomic mass is 19.4. The molecule has 1 saturated carbocycles. The van der Waals surface area contributed by atoms with E-state index in [4.69, 9.17) is 9.47 Å². The zero-order valence-electron chi connectivity index (χ0n) is 40.7. The van der Waals surface area contributed by atoms with E-state index in [1.54, 1.807) is 84.6 Å². The lowest BCUT2D eigenvalue weighted by Crippen LogP contribution is -2.15. The van der Waals surface area contributed by atoms with E-state index < -0.39 is 48.2 Å². The highest BCUT2D eigenvalue weighted by molar-refractivity contribution is 5.99. The van der Waals surface area contributed by atoms with Gasteiger partial charge in [0.05, 0.1) is 77.4 Å². The van der Waals surface area contributed by atoms with Gasteiger partial charge < -0.3 is 25.2 Å². The number of alkyl halides is 6. The number of nitriles is 1. The second kappa shape index (κ2) is 21.2. The van der Waals surface area contributed by atoms with Crippen LogP contribution in [0.25, 0.3) is 33.8 Å². The van der Waals surface area contributed by atoms with Crippen LogP contribution in [-0.2, 0) is 0 Å². The van der Waals surface area contributed by atoms with Gasteiger partial charge in [-0.1, -0.05) is 30.3 Å². The molecule has 1 aliphatic carbocycles. The van der Waals surface area contributed by atoms with Crippen LogP contribution in [0, 0.1) is 56.1 Å². The van der Waals surface area contributed by atoms with Crippen molar-refractivity contribution in [1.82, 2.24) is 18.8 Å². The van der Waals surface area contributed by atoms with Crippen molar-refractivity contribution >= 4 is 34.4 Å². The molecule has 3 N–H and O–H groups in total. The van der Waals surface area contributed by atoms with E-state index in [1.165, 1.54) is 48.7 Å². The Kier molecular flexibility index (Phi) is 14.9. The average Bonchev–Trinajstić information content (AvgIpc) is 3.75. The van der Waals surface area contributed by atoms with Crippen molar-refractivity contribution in [2.75, 3.05) is 23.7 Å². The van der Waals surface area contributed by atoms with E-state index in [2.05, 4.69) is 26.7 Å². The lowest BCUT2D eigenvalue weighted by Gasteiger charge is -2.15. The van der Waals surface area contributed by atoms with Gasteiger partial charge in [-0.25, -0.2) is 23.5 Å². The monoisotopic (exact) mass is 1040 g/mol. The third-order valence-electron chi connectivity index (χ3n) is 12.5. The minimum absolute atomic E-state index is 0.0847. The molecule has 12 nitrogen and oxygen atoms in total. The van der Waals surface area contributed by atoms with Gasteiger partial charge in [0.15, 0.2) is 17.1 Å². The van der Waals surface area contributed by atoms with Gasteiger partial charge in [0, 0.05) is 60.5 Å². The van der Waals surface area contributed by atoms with Crippen molar-refractivity contribution < 1.29 is 59.3 Å². The summed E-state index contributed by atoms with van der Waals surface area (Å²) in [6, 6.07) is 23.6. The normalized spacial score (nSPS) is 12.9. The van der Waals surface area contributed by atoms with E-state index in [-0.39, 0.29) is 53.9 Å². The van der Waals surface area contributed by atoms with Crippen LogP contribution in [0.5, 0.6) is 23.0 Å². The number of hydrogen-bond acceptors (Lipinski definition) is 9. The van der Waals surface area contributed by atoms with Gasteiger partial charge in [-0.2, -0.15) is 31.6 Å².